The third kappa shape index (κ3) is 7.61. The number of carbonyl (C=O) groups excluding carboxylic acids is 3. The molecule has 3 amide bonds. The average Bonchev–Trinajstić information content (AvgIpc) is 3.61. The highest BCUT2D eigenvalue weighted by atomic mass is 16.2. The van der Waals surface area contributed by atoms with Crippen LogP contribution in [0.1, 0.15) is 82.7 Å². The summed E-state index contributed by atoms with van der Waals surface area (Å²) < 4.78 is 3.78. The summed E-state index contributed by atoms with van der Waals surface area (Å²) in [7, 11) is 0. The lowest BCUT2D eigenvalue weighted by Gasteiger charge is -2.36. The number of hydrogen-bond acceptors (Lipinski definition) is 6. The first-order chi connectivity index (χ1) is 22.7. The number of nitrogens with one attached hydrogen (secondary N) is 1. The summed E-state index contributed by atoms with van der Waals surface area (Å²) in [4.78, 5) is 49.8. The van der Waals surface area contributed by atoms with Gasteiger partial charge in [0.2, 0.25) is 11.8 Å². The summed E-state index contributed by atoms with van der Waals surface area (Å²) in [5.41, 5.74) is 4.66. The molecule has 1 saturated heterocycles. The van der Waals surface area contributed by atoms with Gasteiger partial charge < -0.3 is 15.1 Å². The van der Waals surface area contributed by atoms with E-state index in [9.17, 15) is 14.4 Å². The smallest absolute Gasteiger partial charge is 0.253 e. The molecule has 0 bridgehead atoms. The van der Waals surface area contributed by atoms with E-state index < -0.39 is 12.1 Å². The number of aromatic nitrogens is 5. The van der Waals surface area contributed by atoms with Gasteiger partial charge >= 0.3 is 0 Å². The van der Waals surface area contributed by atoms with E-state index >= 15 is 0 Å². The predicted molar refractivity (Wildman–Crippen MR) is 178 cm³/mol. The summed E-state index contributed by atoms with van der Waals surface area (Å²) in [6.45, 7) is 8.16. The molecule has 6 rings (SSSR count). The van der Waals surface area contributed by atoms with E-state index in [0.29, 0.717) is 69.2 Å². The molecule has 1 fully saturated rings. The van der Waals surface area contributed by atoms with Crippen molar-refractivity contribution >= 4 is 17.7 Å². The third-order valence-electron chi connectivity index (χ3n) is 9.14. The lowest BCUT2D eigenvalue weighted by Crippen LogP contribution is -2.53. The zero-order valence-electron chi connectivity index (χ0n) is 27.6. The molecule has 0 spiro atoms. The van der Waals surface area contributed by atoms with Crippen LogP contribution >= 0.6 is 0 Å². The fourth-order valence-electron chi connectivity index (χ4n) is 6.81. The van der Waals surface area contributed by atoms with Crippen molar-refractivity contribution in [2.45, 2.75) is 84.5 Å². The van der Waals surface area contributed by atoms with E-state index in [0.717, 1.165) is 35.4 Å². The Morgan fingerprint density at radius 3 is 2.47 bits per heavy atom. The molecule has 246 valence electrons. The Hall–Kier alpha value is -4.80. The molecule has 2 aliphatic heterocycles. The average molecular weight is 637 g/mol. The summed E-state index contributed by atoms with van der Waals surface area (Å²) in [5.74, 6) is 0.953. The van der Waals surface area contributed by atoms with Crippen LogP contribution in [0, 0.1) is 20.8 Å². The van der Waals surface area contributed by atoms with Crippen molar-refractivity contribution in [1.29, 1.82) is 0 Å². The number of piperidine rings is 1. The molecule has 4 heterocycles. The lowest BCUT2D eigenvalue weighted by molar-refractivity contribution is -0.142. The maximum Gasteiger partial charge on any atom is 0.253 e. The highest BCUT2D eigenvalue weighted by molar-refractivity contribution is 5.94. The SMILES string of the molecule is Cc1cc(C)n(Cc2cccc(C(=O)N3CCCC(=O)N4CCCC[C@H]4C(=O)N[C@H](Cc4ccccc4)c4nc(C)nn4CC3)c2)n1. The fraction of sp³-hybridized carbons (Fsp3) is 0.444. The van der Waals surface area contributed by atoms with Gasteiger partial charge in [0.15, 0.2) is 0 Å². The van der Waals surface area contributed by atoms with E-state index in [4.69, 9.17) is 10.1 Å². The Morgan fingerprint density at radius 2 is 1.68 bits per heavy atom. The Balaban J connectivity index is 1.30. The van der Waals surface area contributed by atoms with Gasteiger partial charge in [-0.2, -0.15) is 10.2 Å². The number of aryl methyl sites for hydroxylation is 3. The first-order valence-corrected chi connectivity index (χ1v) is 16.7. The second kappa shape index (κ2) is 14.3. The van der Waals surface area contributed by atoms with Crippen molar-refractivity contribution in [2.24, 2.45) is 0 Å². The minimum Gasteiger partial charge on any atom is -0.344 e. The summed E-state index contributed by atoms with van der Waals surface area (Å²) >= 11 is 0. The molecule has 2 aliphatic rings. The molecular formula is C36H44N8O3. The largest absolute Gasteiger partial charge is 0.344 e. The van der Waals surface area contributed by atoms with Crippen LogP contribution in [0.4, 0.5) is 0 Å². The van der Waals surface area contributed by atoms with Gasteiger partial charge in [0, 0.05) is 37.3 Å². The molecule has 4 aromatic rings. The number of hydrogen-bond donors (Lipinski definition) is 1. The zero-order chi connectivity index (χ0) is 32.9. The van der Waals surface area contributed by atoms with Crippen LogP contribution < -0.4 is 5.32 Å². The molecular weight excluding hydrogens is 592 g/mol. The van der Waals surface area contributed by atoms with Gasteiger partial charge in [0.25, 0.3) is 5.91 Å². The van der Waals surface area contributed by atoms with Crippen molar-refractivity contribution in [3.63, 3.8) is 0 Å². The number of benzene rings is 2. The quantitative estimate of drug-likeness (QED) is 0.352. The van der Waals surface area contributed by atoms with E-state index in [2.05, 4.69) is 10.4 Å². The summed E-state index contributed by atoms with van der Waals surface area (Å²) in [6, 6.07) is 18.7. The van der Waals surface area contributed by atoms with E-state index in [1.807, 2.05) is 95.7 Å². The highest BCUT2D eigenvalue weighted by Crippen LogP contribution is 2.23. The van der Waals surface area contributed by atoms with Gasteiger partial charge in [-0.3, -0.25) is 19.1 Å². The normalized spacial score (nSPS) is 19.5. The number of rotatable bonds is 5. The Labute approximate surface area is 276 Å². The molecule has 1 N–H and O–H groups in total. The second-order valence-corrected chi connectivity index (χ2v) is 12.8. The Bertz CT molecular complexity index is 1730. The van der Waals surface area contributed by atoms with Gasteiger partial charge in [0.05, 0.1) is 24.8 Å². The first kappa shape index (κ1) is 32.2. The van der Waals surface area contributed by atoms with E-state index in [1.54, 1.807) is 4.90 Å². The van der Waals surface area contributed by atoms with Crippen LogP contribution in [0.5, 0.6) is 0 Å². The minimum absolute atomic E-state index is 0.0418. The maximum absolute atomic E-state index is 14.1. The highest BCUT2D eigenvalue weighted by Gasteiger charge is 2.34. The van der Waals surface area contributed by atoms with Gasteiger partial charge in [-0.25, -0.2) is 9.67 Å². The van der Waals surface area contributed by atoms with Gasteiger partial charge in [-0.1, -0.05) is 42.5 Å². The number of fused-ring (bicyclic) bond motifs is 2. The molecule has 0 radical (unpaired) electrons. The standard InChI is InChI=1S/C36H44N8O3/c1-25-21-26(2)44(39-25)24-29-13-9-14-30(22-29)36(47)41-17-10-16-33(45)42-18-8-7-15-32(42)35(46)38-31(23-28-11-5-4-6-12-28)34-37-27(3)40-43(34)20-19-41/h4-6,9,11-14,21-22,31-32H,7-8,10,15-20,23-24H2,1-3H3,(H,38,46)/t31-,32+/m1/s1. The van der Waals surface area contributed by atoms with Crippen LogP contribution in [-0.4, -0.2) is 77.7 Å². The Kier molecular flexibility index (Phi) is 9.79. The Morgan fingerprint density at radius 1 is 0.872 bits per heavy atom. The number of nitrogens with zero attached hydrogens (tertiary/aromatic N) is 7. The molecule has 2 atom stereocenters. The molecule has 0 saturated carbocycles. The van der Waals surface area contributed by atoms with Crippen LogP contribution in [0.2, 0.25) is 0 Å². The van der Waals surface area contributed by atoms with Gasteiger partial charge in [-0.15, -0.1) is 0 Å². The van der Waals surface area contributed by atoms with Crippen molar-refractivity contribution < 1.29 is 14.4 Å². The summed E-state index contributed by atoms with van der Waals surface area (Å²) in [6.07, 6.45) is 3.68. The molecule has 47 heavy (non-hydrogen) atoms. The van der Waals surface area contributed by atoms with Gasteiger partial charge in [-0.05, 0) is 82.2 Å². The molecule has 2 aromatic heterocycles. The molecule has 11 heteroatoms. The lowest BCUT2D eigenvalue weighted by atomic mass is 9.99. The van der Waals surface area contributed by atoms with Crippen molar-refractivity contribution in [1.82, 2.24) is 39.7 Å². The molecule has 0 unspecified atom stereocenters. The maximum atomic E-state index is 14.1. The van der Waals surface area contributed by atoms with Crippen LogP contribution in [-0.2, 0) is 29.1 Å². The fourth-order valence-corrected chi connectivity index (χ4v) is 6.81. The van der Waals surface area contributed by atoms with Gasteiger partial charge in [0.1, 0.15) is 17.7 Å². The first-order valence-electron chi connectivity index (χ1n) is 16.7. The van der Waals surface area contributed by atoms with Crippen LogP contribution in [0.3, 0.4) is 0 Å². The summed E-state index contributed by atoms with van der Waals surface area (Å²) in [5, 5.41) is 12.6. The van der Waals surface area contributed by atoms with Crippen molar-refractivity contribution in [3.05, 3.63) is 100 Å². The predicted octanol–water partition coefficient (Wildman–Crippen LogP) is 4.17. The van der Waals surface area contributed by atoms with Crippen LogP contribution in [0.15, 0.2) is 60.7 Å². The molecule has 2 aromatic carbocycles. The number of amides is 3. The molecule has 11 nitrogen and oxygen atoms in total. The third-order valence-corrected chi connectivity index (χ3v) is 9.14. The van der Waals surface area contributed by atoms with Crippen molar-refractivity contribution in [2.75, 3.05) is 19.6 Å². The topological polar surface area (TPSA) is 118 Å². The monoisotopic (exact) mass is 636 g/mol. The number of carbonyl (C=O) groups is 3. The van der Waals surface area contributed by atoms with Crippen LogP contribution in [0.25, 0.3) is 0 Å². The second-order valence-electron chi connectivity index (χ2n) is 12.8. The zero-order valence-corrected chi connectivity index (χ0v) is 27.6. The van der Waals surface area contributed by atoms with E-state index in [-0.39, 0.29) is 24.1 Å². The molecule has 0 aliphatic carbocycles. The van der Waals surface area contributed by atoms with Crippen molar-refractivity contribution in [3.8, 4) is 0 Å². The minimum atomic E-state index is -0.530. The van der Waals surface area contributed by atoms with E-state index in [1.165, 1.54) is 0 Å².